The van der Waals surface area contributed by atoms with E-state index in [0.29, 0.717) is 68.4 Å². The number of benzene rings is 1. The second kappa shape index (κ2) is 13.6. The van der Waals surface area contributed by atoms with Crippen molar-refractivity contribution in [3.63, 3.8) is 0 Å². The minimum Gasteiger partial charge on any atom is -0.494 e. The number of amides is 1. The second-order valence-electron chi connectivity index (χ2n) is 10.2. The first-order valence-electron chi connectivity index (χ1n) is 13.6. The molecule has 218 valence electrons. The average Bonchev–Trinajstić information content (AvgIpc) is 3.55. The van der Waals surface area contributed by atoms with Crippen molar-refractivity contribution in [2.75, 3.05) is 25.1 Å². The van der Waals surface area contributed by atoms with Crippen LogP contribution in [0.4, 0.5) is 16.4 Å². The van der Waals surface area contributed by atoms with E-state index in [1.807, 2.05) is 55.8 Å². The third-order valence-electron chi connectivity index (χ3n) is 5.63. The van der Waals surface area contributed by atoms with Crippen LogP contribution in [0.1, 0.15) is 47.0 Å². The number of nitrogens with zero attached hydrogens (tertiary/aromatic N) is 6. The third-order valence-corrected chi connectivity index (χ3v) is 5.63. The number of aromatic nitrogens is 6. The molecule has 0 fully saturated rings. The van der Waals surface area contributed by atoms with E-state index in [1.54, 1.807) is 30.3 Å². The number of alkyl carbamates (subject to hydrolysis) is 1. The number of hydrogen-bond donors (Lipinski definition) is 2. The fourth-order valence-electron chi connectivity index (χ4n) is 3.83. The van der Waals surface area contributed by atoms with Crippen LogP contribution in [0.5, 0.6) is 5.75 Å². The maximum Gasteiger partial charge on any atom is 0.407 e. The fourth-order valence-corrected chi connectivity index (χ4v) is 3.83. The third kappa shape index (κ3) is 8.92. The Labute approximate surface area is 238 Å². The van der Waals surface area contributed by atoms with Crippen LogP contribution in [0.15, 0.2) is 49.2 Å². The van der Waals surface area contributed by atoms with Crippen LogP contribution in [-0.2, 0) is 20.8 Å². The van der Waals surface area contributed by atoms with Crippen LogP contribution >= 0.6 is 0 Å². The van der Waals surface area contributed by atoms with Gasteiger partial charge in [-0.2, -0.15) is 10.1 Å². The van der Waals surface area contributed by atoms with Gasteiger partial charge in [0.2, 0.25) is 5.95 Å². The van der Waals surface area contributed by atoms with Crippen LogP contribution in [0.2, 0.25) is 0 Å². The Hall–Kier alpha value is -4.68. The SMILES string of the molecule is CCOC(=O)CCCOc1ccc(-n2cnc3cnc(Nc4cnn(CCCNC(=O)OC(C)(C)C)c4)nc32)cc1. The molecule has 13 nitrogen and oxygen atoms in total. The average molecular weight is 565 g/mol. The van der Waals surface area contributed by atoms with E-state index in [0.717, 1.165) is 11.4 Å². The summed E-state index contributed by atoms with van der Waals surface area (Å²) in [5, 5.41) is 10.3. The number of imidazole rings is 1. The summed E-state index contributed by atoms with van der Waals surface area (Å²) in [5.74, 6) is 0.899. The topological polar surface area (TPSA) is 147 Å². The van der Waals surface area contributed by atoms with E-state index in [9.17, 15) is 9.59 Å². The number of ether oxygens (including phenoxy) is 3. The van der Waals surface area contributed by atoms with Crippen LogP contribution in [0.25, 0.3) is 16.9 Å². The zero-order valence-corrected chi connectivity index (χ0v) is 23.8. The predicted molar refractivity (Wildman–Crippen MR) is 152 cm³/mol. The molecule has 0 spiro atoms. The van der Waals surface area contributed by atoms with Gasteiger partial charge in [0, 0.05) is 31.4 Å². The molecule has 0 aliphatic rings. The fraction of sp³-hybridized carbons (Fsp3) is 0.429. The summed E-state index contributed by atoms with van der Waals surface area (Å²) in [5.41, 5.74) is 2.38. The van der Waals surface area contributed by atoms with Crippen molar-refractivity contribution in [3.05, 3.63) is 49.2 Å². The summed E-state index contributed by atoms with van der Waals surface area (Å²) in [6.45, 7) is 9.18. The number of aryl methyl sites for hydroxylation is 1. The summed E-state index contributed by atoms with van der Waals surface area (Å²) in [6.07, 6.45) is 8.08. The van der Waals surface area contributed by atoms with Crippen molar-refractivity contribution in [3.8, 4) is 11.4 Å². The molecule has 0 atom stereocenters. The largest absolute Gasteiger partial charge is 0.494 e. The van der Waals surface area contributed by atoms with Gasteiger partial charge in [0.25, 0.3) is 0 Å². The summed E-state index contributed by atoms with van der Waals surface area (Å²) in [4.78, 5) is 36.7. The molecule has 0 aliphatic heterocycles. The minimum atomic E-state index is -0.525. The van der Waals surface area contributed by atoms with Crippen LogP contribution < -0.4 is 15.4 Å². The number of esters is 1. The predicted octanol–water partition coefficient (Wildman–Crippen LogP) is 4.39. The Bertz CT molecular complexity index is 1440. The van der Waals surface area contributed by atoms with E-state index in [2.05, 4.69) is 30.7 Å². The lowest BCUT2D eigenvalue weighted by Gasteiger charge is -2.19. The lowest BCUT2D eigenvalue weighted by molar-refractivity contribution is -0.143. The molecule has 3 heterocycles. The molecule has 1 amide bonds. The Balaban J connectivity index is 1.30. The lowest BCUT2D eigenvalue weighted by atomic mass is 10.2. The molecule has 0 saturated heterocycles. The minimum absolute atomic E-state index is 0.215. The zero-order chi connectivity index (χ0) is 29.2. The normalized spacial score (nSPS) is 11.3. The van der Waals surface area contributed by atoms with Crippen molar-refractivity contribution >= 4 is 34.9 Å². The van der Waals surface area contributed by atoms with E-state index in [1.165, 1.54) is 0 Å². The van der Waals surface area contributed by atoms with Crippen molar-refractivity contribution in [2.24, 2.45) is 0 Å². The number of fused-ring (bicyclic) bond motifs is 1. The van der Waals surface area contributed by atoms with Gasteiger partial charge >= 0.3 is 12.1 Å². The first-order valence-corrected chi connectivity index (χ1v) is 13.6. The number of rotatable bonds is 13. The highest BCUT2D eigenvalue weighted by molar-refractivity contribution is 5.74. The summed E-state index contributed by atoms with van der Waals surface area (Å²) in [7, 11) is 0. The number of carbonyl (C=O) groups is 2. The summed E-state index contributed by atoms with van der Waals surface area (Å²) in [6, 6.07) is 7.56. The van der Waals surface area contributed by atoms with Gasteiger partial charge in [-0.1, -0.05) is 0 Å². The summed E-state index contributed by atoms with van der Waals surface area (Å²) >= 11 is 0. The Kier molecular flexibility index (Phi) is 9.72. The molecule has 4 rings (SSSR count). The highest BCUT2D eigenvalue weighted by Gasteiger charge is 2.15. The first kappa shape index (κ1) is 29.3. The van der Waals surface area contributed by atoms with Crippen LogP contribution in [-0.4, -0.2) is 66.7 Å². The maximum absolute atomic E-state index is 11.8. The molecule has 1 aromatic carbocycles. The molecular weight excluding hydrogens is 528 g/mol. The van der Waals surface area contributed by atoms with Crippen molar-refractivity contribution in [1.29, 1.82) is 0 Å². The van der Waals surface area contributed by atoms with Gasteiger partial charge in [-0.25, -0.2) is 14.8 Å². The molecule has 41 heavy (non-hydrogen) atoms. The van der Waals surface area contributed by atoms with E-state index < -0.39 is 11.7 Å². The molecule has 0 bridgehead atoms. The summed E-state index contributed by atoms with van der Waals surface area (Å²) < 4.78 is 19.6. The standard InChI is InChI=1S/C28H36N8O5/c1-5-39-24(37)8-6-15-40-22-11-9-21(10-12-22)36-19-31-23-17-30-26(34-25(23)36)33-20-16-32-35(18-20)14-7-13-29-27(38)41-28(2,3)4/h9-12,16-19H,5-8,13-15H2,1-4H3,(H,29,38)(H,30,33,34). The molecule has 0 radical (unpaired) electrons. The van der Waals surface area contributed by atoms with Gasteiger partial charge in [0.15, 0.2) is 5.65 Å². The van der Waals surface area contributed by atoms with E-state index in [4.69, 9.17) is 14.2 Å². The quantitative estimate of drug-likeness (QED) is 0.177. The molecule has 2 N–H and O–H groups in total. The van der Waals surface area contributed by atoms with E-state index >= 15 is 0 Å². The van der Waals surface area contributed by atoms with Gasteiger partial charge in [-0.15, -0.1) is 0 Å². The van der Waals surface area contributed by atoms with Gasteiger partial charge in [0.05, 0.1) is 31.3 Å². The molecule has 4 aromatic rings. The molecule has 0 unspecified atom stereocenters. The second-order valence-corrected chi connectivity index (χ2v) is 10.2. The van der Waals surface area contributed by atoms with Crippen LogP contribution in [0.3, 0.4) is 0 Å². The van der Waals surface area contributed by atoms with Crippen molar-refractivity contribution in [2.45, 2.75) is 59.1 Å². The van der Waals surface area contributed by atoms with Crippen LogP contribution in [0, 0.1) is 0 Å². The van der Waals surface area contributed by atoms with Gasteiger partial charge < -0.3 is 24.8 Å². The van der Waals surface area contributed by atoms with E-state index in [-0.39, 0.29) is 5.97 Å². The van der Waals surface area contributed by atoms with Crippen molar-refractivity contribution < 1.29 is 23.8 Å². The highest BCUT2D eigenvalue weighted by atomic mass is 16.6. The molecule has 13 heteroatoms. The highest BCUT2D eigenvalue weighted by Crippen LogP contribution is 2.21. The molecular formula is C28H36N8O5. The maximum atomic E-state index is 11.8. The molecule has 0 saturated carbocycles. The zero-order valence-electron chi connectivity index (χ0n) is 23.8. The smallest absolute Gasteiger partial charge is 0.407 e. The molecule has 3 aromatic heterocycles. The van der Waals surface area contributed by atoms with Gasteiger partial charge in [-0.3, -0.25) is 14.0 Å². The lowest BCUT2D eigenvalue weighted by Crippen LogP contribution is -2.33. The van der Waals surface area contributed by atoms with Gasteiger partial charge in [0.1, 0.15) is 23.2 Å². The number of carbonyl (C=O) groups excluding carboxylic acids is 2. The number of nitrogens with one attached hydrogen (secondary N) is 2. The molecule has 0 aliphatic carbocycles. The van der Waals surface area contributed by atoms with Gasteiger partial charge in [-0.05, 0) is 64.8 Å². The number of hydrogen-bond acceptors (Lipinski definition) is 10. The monoisotopic (exact) mass is 564 g/mol. The Morgan fingerprint density at radius 2 is 1.85 bits per heavy atom. The Morgan fingerprint density at radius 1 is 1.05 bits per heavy atom. The van der Waals surface area contributed by atoms with Crippen molar-refractivity contribution in [1.82, 2.24) is 34.6 Å². The Morgan fingerprint density at radius 3 is 2.61 bits per heavy atom. The first-order chi connectivity index (χ1) is 19.7. The number of anilines is 2.